The van der Waals surface area contributed by atoms with Crippen LogP contribution in [-0.2, 0) is 12.7 Å². The van der Waals surface area contributed by atoms with E-state index in [-0.39, 0.29) is 17.5 Å². The number of aromatic carboxylic acids is 1. The first kappa shape index (κ1) is 22.6. The van der Waals surface area contributed by atoms with Gasteiger partial charge in [-0.25, -0.2) is 4.79 Å². The van der Waals surface area contributed by atoms with Gasteiger partial charge in [-0.15, -0.1) is 11.3 Å². The molecule has 0 saturated carbocycles. The number of hydrogen-bond acceptors (Lipinski definition) is 3. The van der Waals surface area contributed by atoms with Crippen molar-refractivity contribution in [3.05, 3.63) is 94.0 Å². The van der Waals surface area contributed by atoms with Crippen LogP contribution < -0.4 is 5.32 Å². The molecule has 1 atom stereocenters. The number of benzene rings is 2. The van der Waals surface area contributed by atoms with Gasteiger partial charge in [0.15, 0.2) is 0 Å². The Morgan fingerprint density at radius 3 is 2.33 bits per heavy atom. The van der Waals surface area contributed by atoms with Gasteiger partial charge in [0.05, 0.1) is 32.9 Å². The molecule has 170 valence electrons. The number of rotatable bonds is 6. The molecule has 2 aromatic heterocycles. The smallest absolute Gasteiger partial charge is 0.416 e. The van der Waals surface area contributed by atoms with E-state index in [2.05, 4.69) is 5.32 Å². The molecular formula is C24H19F3N2O3S. The van der Waals surface area contributed by atoms with Crippen molar-refractivity contribution in [3.63, 3.8) is 0 Å². The quantitative estimate of drug-likeness (QED) is 0.364. The van der Waals surface area contributed by atoms with Gasteiger partial charge in [0.1, 0.15) is 0 Å². The minimum absolute atomic E-state index is 0.165. The van der Waals surface area contributed by atoms with E-state index in [0.29, 0.717) is 23.2 Å². The van der Waals surface area contributed by atoms with Gasteiger partial charge in [0, 0.05) is 18.1 Å². The Balaban J connectivity index is 1.53. The van der Waals surface area contributed by atoms with E-state index in [1.807, 2.05) is 16.8 Å². The lowest BCUT2D eigenvalue weighted by Gasteiger charge is -2.15. The first-order valence-corrected chi connectivity index (χ1v) is 10.9. The molecule has 0 aliphatic carbocycles. The molecule has 0 saturated heterocycles. The number of nitrogens with zero attached hydrogens (tertiary/aromatic N) is 1. The van der Waals surface area contributed by atoms with E-state index in [9.17, 15) is 22.8 Å². The van der Waals surface area contributed by atoms with Crippen molar-refractivity contribution in [1.82, 2.24) is 9.88 Å². The second-order valence-electron chi connectivity index (χ2n) is 7.62. The van der Waals surface area contributed by atoms with Crippen molar-refractivity contribution in [2.24, 2.45) is 0 Å². The number of carbonyl (C=O) groups excluding carboxylic acids is 1. The first-order chi connectivity index (χ1) is 15.6. The van der Waals surface area contributed by atoms with Crippen molar-refractivity contribution in [2.45, 2.75) is 25.7 Å². The SMILES string of the molecule is CC(NC(=O)c1csc2ccn(Cc3ccc(C(F)(F)F)cc3)c12)c1ccc(C(=O)O)cc1. The fraction of sp³-hybridized carbons (Fsp3) is 0.167. The Bertz CT molecular complexity index is 1310. The van der Waals surface area contributed by atoms with E-state index < -0.39 is 17.7 Å². The topological polar surface area (TPSA) is 71.3 Å². The van der Waals surface area contributed by atoms with Crippen molar-refractivity contribution in [3.8, 4) is 0 Å². The summed E-state index contributed by atoms with van der Waals surface area (Å²) >= 11 is 1.41. The molecular weight excluding hydrogens is 453 g/mol. The molecule has 4 aromatic rings. The molecule has 0 radical (unpaired) electrons. The summed E-state index contributed by atoms with van der Waals surface area (Å²) in [5.74, 6) is -1.31. The summed E-state index contributed by atoms with van der Waals surface area (Å²) in [5, 5.41) is 13.7. The highest BCUT2D eigenvalue weighted by atomic mass is 32.1. The summed E-state index contributed by atoms with van der Waals surface area (Å²) in [7, 11) is 0. The molecule has 0 spiro atoms. The number of carbonyl (C=O) groups is 2. The molecule has 0 aliphatic heterocycles. The number of amides is 1. The molecule has 4 rings (SSSR count). The molecule has 0 fully saturated rings. The van der Waals surface area contributed by atoms with Crippen LogP contribution in [0.15, 0.2) is 66.2 Å². The summed E-state index contributed by atoms with van der Waals surface area (Å²) in [6.07, 6.45) is -2.58. The lowest BCUT2D eigenvalue weighted by molar-refractivity contribution is -0.137. The summed E-state index contributed by atoms with van der Waals surface area (Å²) in [5.41, 5.74) is 2.10. The Labute approximate surface area is 191 Å². The zero-order chi connectivity index (χ0) is 23.8. The minimum Gasteiger partial charge on any atom is -0.478 e. The van der Waals surface area contributed by atoms with Gasteiger partial charge in [-0.1, -0.05) is 24.3 Å². The van der Waals surface area contributed by atoms with Crippen LogP contribution >= 0.6 is 11.3 Å². The third kappa shape index (κ3) is 4.78. The normalized spacial score (nSPS) is 12.6. The molecule has 9 heteroatoms. The highest BCUT2D eigenvalue weighted by Crippen LogP contribution is 2.31. The van der Waals surface area contributed by atoms with Crippen LogP contribution in [0.1, 0.15) is 50.4 Å². The number of carboxylic acids is 1. The predicted octanol–water partition coefficient (Wildman–Crippen LogP) is 5.96. The zero-order valence-electron chi connectivity index (χ0n) is 17.4. The molecule has 2 heterocycles. The van der Waals surface area contributed by atoms with Gasteiger partial charge in [0.25, 0.3) is 5.91 Å². The fourth-order valence-corrected chi connectivity index (χ4v) is 4.52. The van der Waals surface area contributed by atoms with Crippen LogP contribution in [0.25, 0.3) is 10.2 Å². The van der Waals surface area contributed by atoms with Gasteiger partial charge in [-0.3, -0.25) is 4.79 Å². The molecule has 2 N–H and O–H groups in total. The van der Waals surface area contributed by atoms with Gasteiger partial charge >= 0.3 is 12.1 Å². The average molecular weight is 472 g/mol. The highest BCUT2D eigenvalue weighted by molar-refractivity contribution is 7.17. The van der Waals surface area contributed by atoms with E-state index in [0.717, 1.165) is 22.4 Å². The summed E-state index contributed by atoms with van der Waals surface area (Å²) in [6.45, 7) is 2.13. The number of alkyl halides is 3. The Morgan fingerprint density at radius 2 is 1.73 bits per heavy atom. The molecule has 2 aromatic carbocycles. The van der Waals surface area contributed by atoms with Crippen LogP contribution in [0.3, 0.4) is 0 Å². The molecule has 33 heavy (non-hydrogen) atoms. The molecule has 1 unspecified atom stereocenters. The fourth-order valence-electron chi connectivity index (χ4n) is 3.57. The first-order valence-electron chi connectivity index (χ1n) is 10.00. The molecule has 5 nitrogen and oxygen atoms in total. The number of hydrogen-bond donors (Lipinski definition) is 2. The van der Waals surface area contributed by atoms with Crippen LogP contribution in [0.2, 0.25) is 0 Å². The average Bonchev–Trinajstić information content (AvgIpc) is 3.36. The predicted molar refractivity (Wildman–Crippen MR) is 120 cm³/mol. The largest absolute Gasteiger partial charge is 0.478 e. The van der Waals surface area contributed by atoms with Gasteiger partial charge in [-0.05, 0) is 48.4 Å². The Morgan fingerprint density at radius 1 is 1.06 bits per heavy atom. The Hall–Kier alpha value is -3.59. The standard InChI is InChI=1S/C24H19F3N2O3S/c1-14(16-4-6-17(7-5-16)23(31)32)28-22(30)19-13-33-20-10-11-29(21(19)20)12-15-2-8-18(9-3-15)24(25,26)27/h2-11,13-14H,12H2,1H3,(H,28,30)(H,31,32). The summed E-state index contributed by atoms with van der Waals surface area (Å²) in [4.78, 5) is 24.0. The molecule has 0 aliphatic rings. The van der Waals surface area contributed by atoms with Crippen LogP contribution in [0.5, 0.6) is 0 Å². The summed E-state index contributed by atoms with van der Waals surface area (Å²) in [6, 6.07) is 12.8. The summed E-state index contributed by atoms with van der Waals surface area (Å²) < 4.78 is 41.2. The Kier molecular flexibility index (Phi) is 5.99. The molecule has 1 amide bonds. The van der Waals surface area contributed by atoms with E-state index >= 15 is 0 Å². The number of nitrogens with one attached hydrogen (secondary N) is 1. The van der Waals surface area contributed by atoms with Crippen molar-refractivity contribution in [2.75, 3.05) is 0 Å². The minimum atomic E-state index is -4.39. The van der Waals surface area contributed by atoms with E-state index in [1.54, 1.807) is 24.4 Å². The third-order valence-electron chi connectivity index (χ3n) is 5.37. The van der Waals surface area contributed by atoms with Crippen molar-refractivity contribution < 1.29 is 27.9 Å². The molecule has 0 bridgehead atoms. The zero-order valence-corrected chi connectivity index (χ0v) is 18.2. The van der Waals surface area contributed by atoms with E-state index in [1.165, 1.54) is 35.6 Å². The van der Waals surface area contributed by atoms with Gasteiger partial charge < -0.3 is 15.0 Å². The number of fused-ring (bicyclic) bond motifs is 1. The maximum absolute atomic E-state index is 13.0. The van der Waals surface area contributed by atoms with Crippen molar-refractivity contribution >= 4 is 33.4 Å². The monoisotopic (exact) mass is 472 g/mol. The second-order valence-corrected chi connectivity index (χ2v) is 8.53. The van der Waals surface area contributed by atoms with Crippen molar-refractivity contribution in [1.29, 1.82) is 0 Å². The van der Waals surface area contributed by atoms with Gasteiger partial charge in [0.2, 0.25) is 0 Å². The lowest BCUT2D eigenvalue weighted by Crippen LogP contribution is -2.26. The number of halogens is 3. The maximum Gasteiger partial charge on any atom is 0.416 e. The van der Waals surface area contributed by atoms with Crippen LogP contribution in [0.4, 0.5) is 13.2 Å². The van der Waals surface area contributed by atoms with Crippen LogP contribution in [-0.4, -0.2) is 21.6 Å². The van der Waals surface area contributed by atoms with E-state index in [4.69, 9.17) is 5.11 Å². The van der Waals surface area contributed by atoms with Gasteiger partial charge in [-0.2, -0.15) is 13.2 Å². The number of aromatic nitrogens is 1. The maximum atomic E-state index is 13.0. The highest BCUT2D eigenvalue weighted by Gasteiger charge is 2.30. The lowest BCUT2D eigenvalue weighted by atomic mass is 10.1. The third-order valence-corrected chi connectivity index (χ3v) is 6.31. The van der Waals surface area contributed by atoms with Crippen LogP contribution in [0, 0.1) is 0 Å². The second kappa shape index (κ2) is 8.74. The number of carboxylic acid groups (broad SMARTS) is 1. The number of thiophene rings is 1.